The Morgan fingerprint density at radius 1 is 0.344 bits per heavy atom. The average Bonchev–Trinajstić information content (AvgIpc) is 3.91. The van der Waals surface area contributed by atoms with E-state index in [1.54, 1.807) is 0 Å². The summed E-state index contributed by atoms with van der Waals surface area (Å²) in [5, 5.41) is 5.15. The number of thiophene rings is 1. The molecule has 64 heavy (non-hydrogen) atoms. The Morgan fingerprint density at radius 2 is 0.922 bits per heavy atom. The minimum Gasteiger partial charge on any atom is -0.310 e. The quantitative estimate of drug-likeness (QED) is 0.157. The lowest BCUT2D eigenvalue weighted by molar-refractivity contribution is 1.18. The first-order chi connectivity index (χ1) is 31.8. The third-order valence-electron chi connectivity index (χ3n) is 13.8. The fourth-order valence-corrected chi connectivity index (χ4v) is 12.1. The Bertz CT molecular complexity index is 3780. The Labute approximate surface area is 375 Å². The van der Waals surface area contributed by atoms with Crippen LogP contribution in [-0.2, 0) is 0 Å². The summed E-state index contributed by atoms with van der Waals surface area (Å²) in [7, 11) is 0. The van der Waals surface area contributed by atoms with E-state index in [0.29, 0.717) is 0 Å². The number of fused-ring (bicyclic) bond motifs is 10. The first kappa shape index (κ1) is 35.7. The van der Waals surface area contributed by atoms with E-state index in [1.807, 2.05) is 11.3 Å². The van der Waals surface area contributed by atoms with E-state index in [1.165, 1.54) is 126 Å². The van der Waals surface area contributed by atoms with Crippen molar-refractivity contribution in [3.8, 4) is 50.2 Å². The molecule has 0 saturated heterocycles. The summed E-state index contributed by atoms with van der Waals surface area (Å²) in [4.78, 5) is 2.66. The van der Waals surface area contributed by atoms with Gasteiger partial charge in [-0.3, -0.25) is 0 Å². The molecule has 0 aliphatic carbocycles. The van der Waals surface area contributed by atoms with Crippen LogP contribution in [0.1, 0.15) is 0 Å². The zero-order chi connectivity index (χ0) is 41.9. The first-order valence-electron chi connectivity index (χ1n) is 22.1. The maximum atomic E-state index is 2.66. The Balaban J connectivity index is 1.17. The fraction of sp³-hybridized carbons (Fsp3) is 0. The Morgan fingerprint density at radius 3 is 1.62 bits per heavy atom. The van der Waals surface area contributed by atoms with Crippen LogP contribution in [0.3, 0.4) is 0 Å². The number of para-hydroxylation sites is 3. The second-order valence-electron chi connectivity index (χ2n) is 17.2. The van der Waals surface area contributed by atoms with E-state index in [-0.39, 0.29) is 6.71 Å². The number of aromatic nitrogens is 1. The van der Waals surface area contributed by atoms with E-state index in [4.69, 9.17) is 0 Å². The molecule has 0 bridgehead atoms. The van der Waals surface area contributed by atoms with E-state index < -0.39 is 0 Å². The number of nitrogens with zero attached hydrogens (tertiary/aromatic N) is 2. The van der Waals surface area contributed by atoms with Gasteiger partial charge in [-0.1, -0.05) is 182 Å². The van der Waals surface area contributed by atoms with Gasteiger partial charge < -0.3 is 9.47 Å². The van der Waals surface area contributed by atoms with Crippen LogP contribution in [0.4, 0.5) is 17.1 Å². The summed E-state index contributed by atoms with van der Waals surface area (Å²) in [6.07, 6.45) is 0. The largest absolute Gasteiger partial charge is 0.310 e. The molecule has 0 atom stereocenters. The summed E-state index contributed by atoms with van der Waals surface area (Å²) in [6.45, 7) is 0.000130. The average molecular weight is 829 g/mol. The number of rotatable bonds is 5. The van der Waals surface area contributed by atoms with Gasteiger partial charge in [-0.2, -0.15) is 0 Å². The molecule has 2 aliphatic rings. The molecule has 2 aliphatic heterocycles. The van der Waals surface area contributed by atoms with Crippen LogP contribution >= 0.6 is 11.3 Å². The minimum atomic E-state index is 0.000130. The minimum absolute atomic E-state index is 0.000130. The Kier molecular flexibility index (Phi) is 7.68. The van der Waals surface area contributed by atoms with E-state index in [2.05, 4.69) is 234 Å². The maximum Gasteiger partial charge on any atom is 0.252 e. The lowest BCUT2D eigenvalue weighted by Gasteiger charge is -2.42. The van der Waals surface area contributed by atoms with E-state index >= 15 is 0 Å². The van der Waals surface area contributed by atoms with Gasteiger partial charge in [0.05, 0.1) is 11.2 Å². The molecular formula is C60H37BN2S. The molecule has 2 aromatic heterocycles. The molecule has 10 aromatic carbocycles. The van der Waals surface area contributed by atoms with Gasteiger partial charge in [0, 0.05) is 64.7 Å². The second-order valence-corrected chi connectivity index (χ2v) is 18.3. The number of hydrogen-bond acceptors (Lipinski definition) is 2. The van der Waals surface area contributed by atoms with Crippen molar-refractivity contribution in [1.29, 1.82) is 0 Å². The third-order valence-corrected chi connectivity index (χ3v) is 14.9. The molecule has 0 spiro atoms. The van der Waals surface area contributed by atoms with E-state index in [0.717, 1.165) is 0 Å². The molecule has 296 valence electrons. The second kappa shape index (κ2) is 13.8. The summed E-state index contributed by atoms with van der Waals surface area (Å²) in [5.41, 5.74) is 21.0. The van der Waals surface area contributed by atoms with Crippen molar-refractivity contribution in [1.82, 2.24) is 4.57 Å². The molecule has 0 N–H and O–H groups in total. The first-order valence-corrected chi connectivity index (χ1v) is 22.9. The van der Waals surface area contributed by atoms with Crippen LogP contribution < -0.4 is 21.3 Å². The molecule has 2 nitrogen and oxygen atoms in total. The van der Waals surface area contributed by atoms with Crippen molar-refractivity contribution in [3.63, 3.8) is 0 Å². The van der Waals surface area contributed by atoms with Gasteiger partial charge >= 0.3 is 0 Å². The SMILES string of the molecule is c1ccc(-c2cc3c4c(c2)-n2c5ccccc5c5cccc(c52)B4c2cc4sc5ccc(-c6ccccc6)cc5c4cc2N3c2c(-c3ccccc3)cccc2-c2ccccc2)cc1. The van der Waals surface area contributed by atoms with Crippen molar-refractivity contribution in [3.05, 3.63) is 224 Å². The number of benzene rings is 10. The molecular weight excluding hydrogens is 792 g/mol. The van der Waals surface area contributed by atoms with Crippen molar-refractivity contribution < 1.29 is 0 Å². The van der Waals surface area contributed by atoms with Crippen LogP contribution in [0, 0.1) is 0 Å². The highest BCUT2D eigenvalue weighted by Gasteiger charge is 2.43. The van der Waals surface area contributed by atoms with Crippen molar-refractivity contribution in [2.75, 3.05) is 4.90 Å². The normalized spacial score (nSPS) is 12.6. The van der Waals surface area contributed by atoms with Crippen LogP contribution in [0.15, 0.2) is 224 Å². The zero-order valence-electron chi connectivity index (χ0n) is 34.7. The zero-order valence-corrected chi connectivity index (χ0v) is 35.6. The standard InChI is InChI=1S/C60H37BN2S/c1-5-17-38(18-6-1)42-31-32-56-48(33-42)49-36-53-51(37-57(49)64-56)61-50-29-16-28-47-46-25-13-14-30-52(46)62(60(47)50)54-34-43(39-19-7-2-8-20-39)35-55(58(54)61)63(53)59-44(40-21-9-3-10-22-40)26-15-27-45(59)41-23-11-4-12-24-41/h1-37H. The van der Waals surface area contributed by atoms with Crippen LogP contribution in [0.25, 0.3) is 92.2 Å². The highest BCUT2D eigenvalue weighted by Crippen LogP contribution is 2.51. The summed E-state index contributed by atoms with van der Waals surface area (Å²) < 4.78 is 5.19. The molecule has 0 fully saturated rings. The maximum absolute atomic E-state index is 2.66. The van der Waals surface area contributed by atoms with Gasteiger partial charge in [0.25, 0.3) is 6.71 Å². The third kappa shape index (κ3) is 5.15. The number of hydrogen-bond donors (Lipinski definition) is 0. The molecule has 0 saturated carbocycles. The molecule has 4 heteroatoms. The smallest absolute Gasteiger partial charge is 0.252 e. The fourth-order valence-electron chi connectivity index (χ4n) is 11.0. The van der Waals surface area contributed by atoms with Crippen LogP contribution in [-0.4, -0.2) is 11.3 Å². The van der Waals surface area contributed by atoms with Crippen molar-refractivity contribution in [2.45, 2.75) is 0 Å². The van der Waals surface area contributed by atoms with Gasteiger partial charge in [-0.05, 0) is 92.2 Å². The molecule has 4 heterocycles. The molecule has 0 radical (unpaired) electrons. The lowest BCUT2D eigenvalue weighted by Crippen LogP contribution is -2.60. The van der Waals surface area contributed by atoms with Crippen LogP contribution in [0.2, 0.25) is 0 Å². The summed E-state index contributed by atoms with van der Waals surface area (Å²) in [6, 6.07) is 83.6. The van der Waals surface area contributed by atoms with Crippen molar-refractivity contribution >= 4 is 93.5 Å². The predicted octanol–water partition coefficient (Wildman–Crippen LogP) is 14.4. The predicted molar refractivity (Wildman–Crippen MR) is 275 cm³/mol. The molecule has 0 unspecified atom stereocenters. The molecule has 14 rings (SSSR count). The van der Waals surface area contributed by atoms with Gasteiger partial charge in [-0.25, -0.2) is 0 Å². The Hall–Kier alpha value is -7.92. The number of anilines is 3. The van der Waals surface area contributed by atoms with Gasteiger partial charge in [0.15, 0.2) is 0 Å². The highest BCUT2D eigenvalue weighted by molar-refractivity contribution is 7.26. The monoisotopic (exact) mass is 828 g/mol. The topological polar surface area (TPSA) is 8.17 Å². The highest BCUT2D eigenvalue weighted by atomic mass is 32.1. The van der Waals surface area contributed by atoms with Gasteiger partial charge in [0.1, 0.15) is 0 Å². The van der Waals surface area contributed by atoms with Crippen molar-refractivity contribution in [2.24, 2.45) is 0 Å². The summed E-state index contributed by atoms with van der Waals surface area (Å²) in [5.74, 6) is 0. The van der Waals surface area contributed by atoms with Crippen LogP contribution in [0.5, 0.6) is 0 Å². The lowest BCUT2D eigenvalue weighted by atomic mass is 9.33. The molecule has 12 aromatic rings. The van der Waals surface area contributed by atoms with E-state index in [9.17, 15) is 0 Å². The van der Waals surface area contributed by atoms with Gasteiger partial charge in [-0.15, -0.1) is 11.3 Å². The summed E-state index contributed by atoms with van der Waals surface area (Å²) >= 11 is 1.91. The molecule has 0 amide bonds. The van der Waals surface area contributed by atoms with Gasteiger partial charge in [0.2, 0.25) is 0 Å².